The van der Waals surface area contributed by atoms with Crippen LogP contribution in [0.15, 0.2) is 6.07 Å². The minimum absolute atomic E-state index is 0.359. The van der Waals surface area contributed by atoms with Gasteiger partial charge in [0.25, 0.3) is 0 Å². The first-order chi connectivity index (χ1) is 8.23. The van der Waals surface area contributed by atoms with Gasteiger partial charge < -0.3 is 14.4 Å². The van der Waals surface area contributed by atoms with Crippen LogP contribution < -0.4 is 4.74 Å². The largest absolute Gasteiger partial charge is 0.480 e. The zero-order valence-electron chi connectivity index (χ0n) is 11.9. The van der Waals surface area contributed by atoms with Crippen molar-refractivity contribution in [1.82, 2.24) is 14.7 Å². The molecular weight excluding hydrogens is 234 g/mol. The molecular formula is C12H21N3O3. The topological polar surface area (TPSA) is 56.6 Å². The quantitative estimate of drug-likeness (QED) is 0.826. The Labute approximate surface area is 107 Å². The molecule has 0 aliphatic rings. The Morgan fingerprint density at radius 3 is 2.56 bits per heavy atom. The van der Waals surface area contributed by atoms with Crippen molar-refractivity contribution in [2.75, 3.05) is 14.2 Å². The lowest BCUT2D eigenvalue weighted by atomic mass is 10.2. The average Bonchev–Trinajstić information content (AvgIpc) is 2.57. The minimum atomic E-state index is -0.491. The van der Waals surface area contributed by atoms with Gasteiger partial charge in [-0.2, -0.15) is 0 Å². The Bertz CT molecular complexity index is 421. The highest BCUT2D eigenvalue weighted by molar-refractivity contribution is 5.67. The molecule has 6 nitrogen and oxygen atoms in total. The Kier molecular flexibility index (Phi) is 4.21. The van der Waals surface area contributed by atoms with Gasteiger partial charge in [0.1, 0.15) is 5.60 Å². The minimum Gasteiger partial charge on any atom is -0.480 e. The molecule has 0 spiro atoms. The lowest BCUT2D eigenvalue weighted by Gasteiger charge is -2.24. The van der Waals surface area contributed by atoms with E-state index in [-0.39, 0.29) is 6.09 Å². The van der Waals surface area contributed by atoms with Crippen molar-refractivity contribution < 1.29 is 14.3 Å². The molecule has 18 heavy (non-hydrogen) atoms. The zero-order valence-corrected chi connectivity index (χ0v) is 11.9. The maximum Gasteiger partial charge on any atom is 0.410 e. The summed E-state index contributed by atoms with van der Waals surface area (Å²) in [5.41, 5.74) is 0.385. The van der Waals surface area contributed by atoms with Crippen LogP contribution in [0.2, 0.25) is 0 Å². The summed E-state index contributed by atoms with van der Waals surface area (Å²) in [5.74, 6) is 0.532. The smallest absolute Gasteiger partial charge is 0.410 e. The van der Waals surface area contributed by atoms with Gasteiger partial charge in [0.15, 0.2) is 0 Å². The summed E-state index contributed by atoms with van der Waals surface area (Å²) in [5, 5.41) is 4.13. The molecule has 0 atom stereocenters. The SMILES string of the molecule is COc1cc(CN(C)C(=O)OC(C)(C)C)n(C)n1. The van der Waals surface area contributed by atoms with Gasteiger partial charge in [-0.3, -0.25) is 4.68 Å². The fraction of sp³-hybridized carbons (Fsp3) is 0.667. The number of hydrogen-bond acceptors (Lipinski definition) is 4. The normalized spacial score (nSPS) is 11.2. The number of carbonyl (C=O) groups excluding carboxylic acids is 1. The predicted molar refractivity (Wildman–Crippen MR) is 67.5 cm³/mol. The number of aryl methyl sites for hydroxylation is 1. The fourth-order valence-electron chi connectivity index (χ4n) is 1.37. The molecule has 0 bridgehead atoms. The van der Waals surface area contributed by atoms with E-state index < -0.39 is 5.60 Å². The first kappa shape index (κ1) is 14.3. The molecule has 1 aromatic rings. The summed E-state index contributed by atoms with van der Waals surface area (Å²) in [7, 11) is 5.05. The van der Waals surface area contributed by atoms with E-state index in [4.69, 9.17) is 9.47 Å². The van der Waals surface area contributed by atoms with Gasteiger partial charge in [-0.05, 0) is 20.8 Å². The molecule has 0 saturated carbocycles. The number of amides is 1. The third-order valence-electron chi connectivity index (χ3n) is 2.27. The summed E-state index contributed by atoms with van der Waals surface area (Å²) in [6.07, 6.45) is -0.359. The van der Waals surface area contributed by atoms with E-state index in [1.165, 1.54) is 4.90 Å². The van der Waals surface area contributed by atoms with Gasteiger partial charge in [-0.15, -0.1) is 5.10 Å². The van der Waals surface area contributed by atoms with Crippen molar-refractivity contribution in [3.05, 3.63) is 11.8 Å². The molecule has 0 aliphatic heterocycles. The summed E-state index contributed by atoms with van der Waals surface area (Å²) < 4.78 is 12.0. The van der Waals surface area contributed by atoms with Crippen LogP contribution in [0.4, 0.5) is 4.79 Å². The molecule has 1 aromatic heterocycles. The Hall–Kier alpha value is -1.72. The number of nitrogens with zero attached hydrogens (tertiary/aromatic N) is 3. The highest BCUT2D eigenvalue weighted by Gasteiger charge is 2.20. The summed E-state index contributed by atoms with van der Waals surface area (Å²) in [4.78, 5) is 13.3. The van der Waals surface area contributed by atoms with Crippen molar-refractivity contribution in [3.8, 4) is 5.88 Å². The molecule has 1 rings (SSSR count). The number of aromatic nitrogens is 2. The fourth-order valence-corrected chi connectivity index (χ4v) is 1.37. The van der Waals surface area contributed by atoms with Gasteiger partial charge in [-0.1, -0.05) is 0 Å². The number of ether oxygens (including phenoxy) is 2. The average molecular weight is 255 g/mol. The maximum absolute atomic E-state index is 11.8. The second kappa shape index (κ2) is 5.29. The van der Waals surface area contributed by atoms with E-state index in [1.54, 1.807) is 32.0 Å². The van der Waals surface area contributed by atoms with Crippen LogP contribution in [0.5, 0.6) is 5.88 Å². The molecule has 1 heterocycles. The summed E-state index contributed by atoms with van der Waals surface area (Å²) in [6.45, 7) is 5.94. The first-order valence-corrected chi connectivity index (χ1v) is 5.74. The molecule has 1 amide bonds. The van der Waals surface area contributed by atoms with Crippen LogP contribution in [0.3, 0.4) is 0 Å². The monoisotopic (exact) mass is 255 g/mol. The van der Waals surface area contributed by atoms with Crippen LogP contribution in [-0.2, 0) is 18.3 Å². The number of rotatable bonds is 3. The lowest BCUT2D eigenvalue weighted by molar-refractivity contribution is 0.0281. The predicted octanol–water partition coefficient (Wildman–Crippen LogP) is 1.80. The molecule has 0 aliphatic carbocycles. The highest BCUT2D eigenvalue weighted by atomic mass is 16.6. The second-order valence-corrected chi connectivity index (χ2v) is 5.14. The lowest BCUT2D eigenvalue weighted by Crippen LogP contribution is -2.34. The molecule has 0 radical (unpaired) electrons. The van der Waals surface area contributed by atoms with Crippen molar-refractivity contribution in [2.45, 2.75) is 32.9 Å². The second-order valence-electron chi connectivity index (χ2n) is 5.14. The maximum atomic E-state index is 11.8. The van der Waals surface area contributed by atoms with Crippen molar-refractivity contribution in [3.63, 3.8) is 0 Å². The van der Waals surface area contributed by atoms with E-state index in [2.05, 4.69) is 5.10 Å². The van der Waals surface area contributed by atoms with Crippen molar-refractivity contribution >= 4 is 6.09 Å². The third kappa shape index (κ3) is 3.94. The van der Waals surface area contributed by atoms with E-state index in [1.807, 2.05) is 20.8 Å². The number of carbonyl (C=O) groups is 1. The molecule has 0 unspecified atom stereocenters. The van der Waals surface area contributed by atoms with E-state index >= 15 is 0 Å². The van der Waals surface area contributed by atoms with E-state index in [0.29, 0.717) is 12.4 Å². The van der Waals surface area contributed by atoms with Crippen LogP contribution in [0.25, 0.3) is 0 Å². The van der Waals surface area contributed by atoms with Gasteiger partial charge in [-0.25, -0.2) is 4.79 Å². The van der Waals surface area contributed by atoms with Crippen molar-refractivity contribution in [2.24, 2.45) is 7.05 Å². The molecule has 102 valence electrons. The number of hydrogen-bond donors (Lipinski definition) is 0. The standard InChI is InChI=1S/C12H21N3O3/c1-12(2,3)18-11(16)14(4)8-9-7-10(17-6)13-15(9)5/h7H,8H2,1-6H3. The molecule has 0 fully saturated rings. The first-order valence-electron chi connectivity index (χ1n) is 5.74. The van der Waals surface area contributed by atoms with E-state index in [0.717, 1.165) is 5.69 Å². The highest BCUT2D eigenvalue weighted by Crippen LogP contribution is 2.14. The summed E-state index contributed by atoms with van der Waals surface area (Å²) >= 11 is 0. The zero-order chi connectivity index (χ0) is 13.9. The van der Waals surface area contributed by atoms with Gasteiger partial charge in [0.05, 0.1) is 19.3 Å². The van der Waals surface area contributed by atoms with Crippen LogP contribution in [0.1, 0.15) is 26.5 Å². The molecule has 0 aromatic carbocycles. The Balaban J connectivity index is 2.66. The number of methoxy groups -OCH3 is 1. The van der Waals surface area contributed by atoms with Crippen molar-refractivity contribution in [1.29, 1.82) is 0 Å². The Morgan fingerprint density at radius 1 is 1.50 bits per heavy atom. The van der Waals surface area contributed by atoms with Gasteiger partial charge in [0.2, 0.25) is 5.88 Å². The van der Waals surface area contributed by atoms with Crippen LogP contribution in [0, 0.1) is 0 Å². The van der Waals surface area contributed by atoms with Gasteiger partial charge >= 0.3 is 6.09 Å². The van der Waals surface area contributed by atoms with Crippen LogP contribution in [-0.4, -0.2) is 40.5 Å². The summed E-state index contributed by atoms with van der Waals surface area (Å²) in [6, 6.07) is 1.79. The molecule has 0 saturated heterocycles. The molecule has 0 N–H and O–H groups in total. The Morgan fingerprint density at radius 2 is 2.11 bits per heavy atom. The third-order valence-corrected chi connectivity index (χ3v) is 2.27. The molecule has 6 heteroatoms. The van der Waals surface area contributed by atoms with E-state index in [9.17, 15) is 4.79 Å². The van der Waals surface area contributed by atoms with Gasteiger partial charge in [0, 0.05) is 20.2 Å². The van der Waals surface area contributed by atoms with Crippen LogP contribution >= 0.6 is 0 Å².